The summed E-state index contributed by atoms with van der Waals surface area (Å²) in [7, 11) is 0. The number of aryl methyl sites for hydroxylation is 1. The summed E-state index contributed by atoms with van der Waals surface area (Å²) in [5.41, 5.74) is 0.896. The number of hydrogen-bond acceptors (Lipinski definition) is 5. The Bertz CT molecular complexity index is 1040. The minimum absolute atomic E-state index is 0.0642. The Morgan fingerprint density at radius 1 is 1.03 bits per heavy atom. The number of carbonyl (C=O) groups excluding carboxylic acids is 3. The molecule has 3 heterocycles. The lowest BCUT2D eigenvalue weighted by Gasteiger charge is -2.19. The molecule has 0 radical (unpaired) electrons. The SMILES string of the molecule is O=C(CCN1C(=O)NC2(CCCC2)C1=O)Nc1ccc(-c2nnc3n2CCCCC3)cc1. The van der Waals surface area contributed by atoms with Gasteiger partial charge in [0, 0.05) is 37.2 Å². The van der Waals surface area contributed by atoms with E-state index in [-0.39, 0.29) is 30.8 Å². The lowest BCUT2D eigenvalue weighted by Crippen LogP contribution is -2.44. The van der Waals surface area contributed by atoms with Crippen molar-refractivity contribution in [2.24, 2.45) is 0 Å². The van der Waals surface area contributed by atoms with Crippen molar-refractivity contribution in [1.82, 2.24) is 25.0 Å². The molecule has 1 saturated carbocycles. The molecule has 1 aromatic heterocycles. The second-order valence-electron chi connectivity index (χ2n) is 8.95. The van der Waals surface area contributed by atoms with Gasteiger partial charge in [0.15, 0.2) is 5.82 Å². The van der Waals surface area contributed by atoms with Crippen LogP contribution in [0.3, 0.4) is 0 Å². The Kier molecular flexibility index (Phi) is 5.40. The van der Waals surface area contributed by atoms with Gasteiger partial charge >= 0.3 is 6.03 Å². The monoisotopic (exact) mass is 436 g/mol. The van der Waals surface area contributed by atoms with Crippen LogP contribution in [0.4, 0.5) is 10.5 Å². The molecule has 1 aliphatic carbocycles. The topological polar surface area (TPSA) is 109 Å². The van der Waals surface area contributed by atoms with Crippen molar-refractivity contribution < 1.29 is 14.4 Å². The van der Waals surface area contributed by atoms with E-state index in [9.17, 15) is 14.4 Å². The molecular weight excluding hydrogens is 408 g/mol. The molecule has 32 heavy (non-hydrogen) atoms. The Balaban J connectivity index is 1.18. The predicted octanol–water partition coefficient (Wildman–Crippen LogP) is 2.86. The molecular formula is C23H28N6O3. The third-order valence-corrected chi connectivity index (χ3v) is 6.80. The van der Waals surface area contributed by atoms with E-state index in [1.54, 1.807) is 0 Å². The highest BCUT2D eigenvalue weighted by molar-refractivity contribution is 6.07. The summed E-state index contributed by atoms with van der Waals surface area (Å²) in [5.74, 6) is 1.47. The molecule has 0 unspecified atom stereocenters. The van der Waals surface area contributed by atoms with Gasteiger partial charge in [-0.05, 0) is 49.9 Å². The number of imide groups is 1. The van der Waals surface area contributed by atoms with Crippen LogP contribution in [0.1, 0.15) is 57.2 Å². The van der Waals surface area contributed by atoms with Crippen molar-refractivity contribution in [3.63, 3.8) is 0 Å². The zero-order chi connectivity index (χ0) is 22.1. The number of fused-ring (bicyclic) bond motifs is 1. The van der Waals surface area contributed by atoms with Gasteiger partial charge in [-0.2, -0.15) is 0 Å². The molecule has 2 N–H and O–H groups in total. The Morgan fingerprint density at radius 2 is 1.81 bits per heavy atom. The first-order valence-electron chi connectivity index (χ1n) is 11.5. The van der Waals surface area contributed by atoms with Crippen LogP contribution in [0.15, 0.2) is 24.3 Å². The number of anilines is 1. The fourth-order valence-corrected chi connectivity index (χ4v) is 5.03. The maximum absolute atomic E-state index is 12.7. The smallest absolute Gasteiger partial charge is 0.325 e. The molecule has 9 nitrogen and oxygen atoms in total. The largest absolute Gasteiger partial charge is 0.326 e. The highest BCUT2D eigenvalue weighted by atomic mass is 16.2. The Morgan fingerprint density at radius 3 is 2.59 bits per heavy atom. The summed E-state index contributed by atoms with van der Waals surface area (Å²) in [6.45, 7) is 1.02. The number of amides is 4. The van der Waals surface area contributed by atoms with Gasteiger partial charge in [0.2, 0.25) is 5.91 Å². The molecule has 168 valence electrons. The zero-order valence-electron chi connectivity index (χ0n) is 18.1. The van der Waals surface area contributed by atoms with Crippen molar-refractivity contribution in [1.29, 1.82) is 0 Å². The fourth-order valence-electron chi connectivity index (χ4n) is 5.03. The van der Waals surface area contributed by atoms with Crippen LogP contribution in [0.2, 0.25) is 0 Å². The number of aromatic nitrogens is 3. The van der Waals surface area contributed by atoms with Gasteiger partial charge in [0.25, 0.3) is 5.91 Å². The number of hydrogen-bond donors (Lipinski definition) is 2. The van der Waals surface area contributed by atoms with Crippen molar-refractivity contribution in [2.45, 2.75) is 69.9 Å². The number of urea groups is 1. The first kappa shape index (κ1) is 20.7. The van der Waals surface area contributed by atoms with Crippen molar-refractivity contribution in [2.75, 3.05) is 11.9 Å². The molecule has 0 bridgehead atoms. The molecule has 3 aliphatic rings. The summed E-state index contributed by atoms with van der Waals surface area (Å²) < 4.78 is 2.19. The summed E-state index contributed by atoms with van der Waals surface area (Å²) in [4.78, 5) is 38.5. The van der Waals surface area contributed by atoms with Crippen molar-refractivity contribution >= 4 is 23.5 Å². The third-order valence-electron chi connectivity index (χ3n) is 6.80. The van der Waals surface area contributed by atoms with Crippen LogP contribution in [0.25, 0.3) is 11.4 Å². The quantitative estimate of drug-likeness (QED) is 0.701. The van der Waals surface area contributed by atoms with E-state index in [0.717, 1.165) is 55.9 Å². The molecule has 5 rings (SSSR count). The molecule has 9 heteroatoms. The lowest BCUT2D eigenvalue weighted by atomic mass is 9.98. The van der Waals surface area contributed by atoms with Gasteiger partial charge in [-0.3, -0.25) is 14.5 Å². The lowest BCUT2D eigenvalue weighted by molar-refractivity contribution is -0.131. The number of nitrogens with zero attached hydrogens (tertiary/aromatic N) is 4. The highest BCUT2D eigenvalue weighted by Gasteiger charge is 2.52. The highest BCUT2D eigenvalue weighted by Crippen LogP contribution is 2.35. The first-order valence-corrected chi connectivity index (χ1v) is 11.5. The number of carbonyl (C=O) groups is 3. The van der Waals surface area contributed by atoms with Crippen LogP contribution < -0.4 is 10.6 Å². The van der Waals surface area contributed by atoms with Gasteiger partial charge < -0.3 is 15.2 Å². The number of benzene rings is 1. The van der Waals surface area contributed by atoms with Gasteiger partial charge in [-0.25, -0.2) is 4.79 Å². The Hall–Kier alpha value is -3.23. The molecule has 1 saturated heterocycles. The average molecular weight is 437 g/mol. The molecule has 0 atom stereocenters. The van der Waals surface area contributed by atoms with Crippen LogP contribution in [0, 0.1) is 0 Å². The van der Waals surface area contributed by atoms with Crippen LogP contribution in [-0.2, 0) is 22.6 Å². The van der Waals surface area contributed by atoms with Crippen LogP contribution >= 0.6 is 0 Å². The van der Waals surface area contributed by atoms with E-state index in [2.05, 4.69) is 25.4 Å². The third kappa shape index (κ3) is 3.76. The van der Waals surface area contributed by atoms with E-state index in [1.165, 1.54) is 11.3 Å². The van der Waals surface area contributed by atoms with E-state index < -0.39 is 5.54 Å². The average Bonchev–Trinajstić information content (AvgIpc) is 3.42. The Labute approximate surface area is 186 Å². The minimum Gasteiger partial charge on any atom is -0.326 e. The predicted molar refractivity (Wildman–Crippen MR) is 118 cm³/mol. The summed E-state index contributed by atoms with van der Waals surface area (Å²) in [6.07, 6.45) is 7.75. The summed E-state index contributed by atoms with van der Waals surface area (Å²) in [6, 6.07) is 7.15. The zero-order valence-corrected chi connectivity index (χ0v) is 18.1. The second-order valence-corrected chi connectivity index (χ2v) is 8.95. The second kappa shape index (κ2) is 8.37. The fraction of sp³-hybridized carbons (Fsp3) is 0.522. The van der Waals surface area contributed by atoms with Gasteiger partial charge in [0.05, 0.1) is 0 Å². The van der Waals surface area contributed by atoms with E-state index >= 15 is 0 Å². The number of rotatable bonds is 5. The number of nitrogens with one attached hydrogen (secondary N) is 2. The van der Waals surface area contributed by atoms with Crippen molar-refractivity contribution in [3.05, 3.63) is 30.1 Å². The molecule has 2 aromatic rings. The molecule has 1 aromatic carbocycles. The van der Waals surface area contributed by atoms with Gasteiger partial charge in [-0.1, -0.05) is 19.3 Å². The van der Waals surface area contributed by atoms with Crippen molar-refractivity contribution in [3.8, 4) is 11.4 Å². The van der Waals surface area contributed by atoms with Gasteiger partial charge in [0.1, 0.15) is 11.4 Å². The maximum atomic E-state index is 12.7. The van der Waals surface area contributed by atoms with Crippen LogP contribution in [0.5, 0.6) is 0 Å². The summed E-state index contributed by atoms with van der Waals surface area (Å²) in [5, 5.41) is 14.4. The minimum atomic E-state index is -0.733. The standard InChI is InChI=1S/C23H28N6O3/c30-19(11-15-29-21(31)23(25-22(29)32)12-3-4-13-23)24-17-9-7-16(8-10-17)20-27-26-18-6-2-1-5-14-28(18)20/h7-10H,1-6,11-15H2,(H,24,30)(H,25,32). The molecule has 2 fully saturated rings. The van der Waals surface area contributed by atoms with Crippen LogP contribution in [-0.4, -0.2) is 49.6 Å². The summed E-state index contributed by atoms with van der Waals surface area (Å²) >= 11 is 0. The normalized spacial score (nSPS) is 19.7. The van der Waals surface area contributed by atoms with Gasteiger partial charge in [-0.15, -0.1) is 10.2 Å². The van der Waals surface area contributed by atoms with E-state index in [1.807, 2.05) is 24.3 Å². The molecule has 4 amide bonds. The molecule has 1 spiro atoms. The van der Waals surface area contributed by atoms with E-state index in [4.69, 9.17) is 0 Å². The first-order chi connectivity index (χ1) is 15.6. The van der Waals surface area contributed by atoms with E-state index in [0.29, 0.717) is 18.5 Å². The maximum Gasteiger partial charge on any atom is 0.325 e. The molecule has 2 aliphatic heterocycles.